The second-order valence-electron chi connectivity index (χ2n) is 8.11. The predicted molar refractivity (Wildman–Crippen MR) is 121 cm³/mol. The molecule has 0 saturated heterocycles. The molecule has 0 spiro atoms. The largest absolute Gasteiger partial charge is 0.519 e. The molecule has 0 N–H and O–H groups in total. The summed E-state index contributed by atoms with van der Waals surface area (Å²) in [5.74, 6) is -0.386. The van der Waals surface area contributed by atoms with E-state index < -0.39 is 17.1 Å². The molecule has 0 aliphatic rings. The van der Waals surface area contributed by atoms with Gasteiger partial charge < -0.3 is 17.7 Å². The Hall–Kier alpha value is -0.216. The monoisotopic (exact) mass is 434 g/mol. The van der Waals surface area contributed by atoms with E-state index in [0.717, 1.165) is 31.4 Å². The number of rotatable bonds is 17. The Morgan fingerprint density at radius 2 is 1.29 bits per heavy atom. The zero-order valence-corrected chi connectivity index (χ0v) is 21.8. The Bertz CT molecular complexity index is 397. The van der Waals surface area contributed by atoms with Crippen LogP contribution in [0.15, 0.2) is 0 Å². The van der Waals surface area contributed by atoms with Gasteiger partial charge in [0.25, 0.3) is 14.3 Å². The average Bonchev–Trinajstić information content (AvgIpc) is 2.71. The van der Waals surface area contributed by atoms with E-state index >= 15 is 0 Å². The van der Waals surface area contributed by atoms with Crippen LogP contribution in [0.25, 0.3) is 0 Å². The van der Waals surface area contributed by atoms with Crippen LogP contribution in [0.3, 0.4) is 0 Å². The van der Waals surface area contributed by atoms with Gasteiger partial charge in [0, 0.05) is 27.4 Å². The van der Waals surface area contributed by atoms with Gasteiger partial charge >= 0.3 is 8.80 Å². The minimum atomic E-state index is -2.80. The lowest BCUT2D eigenvalue weighted by atomic mass is 10.2. The number of hydrogen-bond donors (Lipinski definition) is 0. The Morgan fingerprint density at radius 1 is 0.821 bits per heavy atom. The topological polar surface area (TPSA) is 54.0 Å². The molecule has 7 heteroatoms. The van der Waals surface area contributed by atoms with Crippen molar-refractivity contribution in [2.45, 2.75) is 103 Å². The molecule has 0 heterocycles. The average molecular weight is 435 g/mol. The van der Waals surface area contributed by atoms with Gasteiger partial charge in [-0.1, -0.05) is 79.6 Å². The second-order valence-corrected chi connectivity index (χ2v) is 15.4. The van der Waals surface area contributed by atoms with Crippen molar-refractivity contribution in [1.82, 2.24) is 0 Å². The van der Waals surface area contributed by atoms with Crippen LogP contribution in [-0.4, -0.2) is 44.4 Å². The number of carbonyl (C=O) groups excluding carboxylic acids is 1. The van der Waals surface area contributed by atoms with E-state index in [4.69, 9.17) is 17.7 Å². The smallest absolute Gasteiger partial charge is 0.501 e. The summed E-state index contributed by atoms with van der Waals surface area (Å²) in [6.45, 7) is 10.9. The Labute approximate surface area is 176 Å². The van der Waals surface area contributed by atoms with E-state index in [9.17, 15) is 4.79 Å². The van der Waals surface area contributed by atoms with Crippen LogP contribution in [0, 0.1) is 5.92 Å². The highest BCUT2D eigenvalue weighted by molar-refractivity contribution is 6.76. The molecule has 2 unspecified atom stereocenters. The third-order valence-corrected chi connectivity index (χ3v) is 14.3. The Balaban J connectivity index is 5.41. The normalized spacial score (nSPS) is 14.7. The number of unbranched alkanes of at least 4 members (excludes halogenated alkanes) is 4. The number of carbonyl (C=O) groups is 1. The van der Waals surface area contributed by atoms with Crippen LogP contribution < -0.4 is 0 Å². The summed E-state index contributed by atoms with van der Waals surface area (Å²) in [5.41, 5.74) is 0.478. The second kappa shape index (κ2) is 14.7. The summed E-state index contributed by atoms with van der Waals surface area (Å²) in [5, 5.41) is 0. The Morgan fingerprint density at radius 3 is 1.64 bits per heavy atom. The first kappa shape index (κ1) is 27.8. The Kier molecular flexibility index (Phi) is 14.6. The lowest BCUT2D eigenvalue weighted by Gasteiger charge is -2.37. The van der Waals surface area contributed by atoms with Crippen LogP contribution in [-0.2, 0) is 22.5 Å². The summed E-state index contributed by atoms with van der Waals surface area (Å²) in [6.07, 6.45) is 8.18. The molecule has 5 nitrogen and oxygen atoms in total. The van der Waals surface area contributed by atoms with Crippen molar-refractivity contribution in [2.24, 2.45) is 5.92 Å². The molecule has 168 valence electrons. The number of hydrogen-bond acceptors (Lipinski definition) is 5. The first-order valence-electron chi connectivity index (χ1n) is 11.2. The maximum Gasteiger partial charge on any atom is 0.501 e. The van der Waals surface area contributed by atoms with Gasteiger partial charge in [0.1, 0.15) is 0 Å². The quantitative estimate of drug-likeness (QED) is 0.202. The minimum Gasteiger partial charge on any atom is -0.519 e. The van der Waals surface area contributed by atoms with Crippen LogP contribution >= 0.6 is 0 Å². The van der Waals surface area contributed by atoms with Crippen molar-refractivity contribution in [3.8, 4) is 0 Å². The first-order chi connectivity index (χ1) is 13.3. The van der Waals surface area contributed by atoms with Gasteiger partial charge in [0.15, 0.2) is 0 Å². The summed E-state index contributed by atoms with van der Waals surface area (Å²) in [4.78, 5) is 13.1. The van der Waals surface area contributed by atoms with Crippen molar-refractivity contribution in [3.05, 3.63) is 0 Å². The van der Waals surface area contributed by atoms with Gasteiger partial charge in [0.05, 0.1) is 5.92 Å². The van der Waals surface area contributed by atoms with E-state index in [0.29, 0.717) is 11.6 Å². The lowest BCUT2D eigenvalue weighted by molar-refractivity contribution is -0.139. The van der Waals surface area contributed by atoms with Gasteiger partial charge in [0.2, 0.25) is 0 Å². The van der Waals surface area contributed by atoms with Gasteiger partial charge in [-0.25, -0.2) is 0 Å². The van der Waals surface area contributed by atoms with Crippen molar-refractivity contribution in [1.29, 1.82) is 0 Å². The molecule has 0 aromatic rings. The van der Waals surface area contributed by atoms with Crippen molar-refractivity contribution in [3.63, 3.8) is 0 Å². The van der Waals surface area contributed by atoms with Crippen LogP contribution in [0.1, 0.15) is 79.6 Å². The van der Waals surface area contributed by atoms with Gasteiger partial charge in [-0.2, -0.15) is 0 Å². The summed E-state index contributed by atoms with van der Waals surface area (Å²) < 4.78 is 23.0. The molecular formula is C21H46O5Si2. The molecule has 0 radical (unpaired) electrons. The van der Waals surface area contributed by atoms with Crippen LogP contribution in [0.5, 0.6) is 0 Å². The fraction of sp³-hybridized carbons (Fsp3) is 0.952. The predicted octanol–water partition coefficient (Wildman–Crippen LogP) is 6.17. The summed E-state index contributed by atoms with van der Waals surface area (Å²) in [7, 11) is -0.199. The van der Waals surface area contributed by atoms with E-state index in [1.807, 2.05) is 6.92 Å². The molecule has 0 rings (SSSR count). The maximum atomic E-state index is 13.1. The molecule has 0 fully saturated rings. The third kappa shape index (κ3) is 8.65. The first-order valence-corrected chi connectivity index (χ1v) is 15.5. The van der Waals surface area contributed by atoms with Gasteiger partial charge in [-0.3, -0.25) is 4.79 Å². The highest BCUT2D eigenvalue weighted by Gasteiger charge is 2.46. The molecule has 2 atom stereocenters. The van der Waals surface area contributed by atoms with Crippen LogP contribution in [0.4, 0.5) is 0 Å². The van der Waals surface area contributed by atoms with Gasteiger partial charge in [-0.05, 0) is 17.6 Å². The molecule has 0 bridgehead atoms. The third-order valence-electron chi connectivity index (χ3n) is 6.11. The van der Waals surface area contributed by atoms with E-state index in [1.165, 1.54) is 25.7 Å². The highest BCUT2D eigenvalue weighted by Crippen LogP contribution is 2.38. The summed E-state index contributed by atoms with van der Waals surface area (Å²) in [6, 6.07) is 2.61. The van der Waals surface area contributed by atoms with Crippen molar-refractivity contribution < 1.29 is 22.5 Å². The molecule has 0 aliphatic heterocycles. The molecule has 0 amide bonds. The fourth-order valence-electron chi connectivity index (χ4n) is 3.80. The SMILES string of the molecule is CCCCC[Si](CCCCC)(OC(=O)C(C)C[Si](OC)(OC)OC)C(C)CC. The molecule has 0 aromatic carbocycles. The molecule has 0 saturated carbocycles. The highest BCUT2D eigenvalue weighted by atomic mass is 28.4. The zero-order valence-electron chi connectivity index (χ0n) is 19.8. The maximum absolute atomic E-state index is 13.1. The standard InChI is InChI=1S/C21H46O5Si2/c1-9-12-14-16-27(20(5)11-3,17-15-13-10-2)26-21(22)19(4)18-28(23-6,24-7)25-8/h19-20H,9-18H2,1-8H3. The molecular weight excluding hydrogens is 388 g/mol. The lowest BCUT2D eigenvalue weighted by Crippen LogP contribution is -2.48. The fourth-order valence-corrected chi connectivity index (χ4v) is 10.4. The molecule has 28 heavy (non-hydrogen) atoms. The van der Waals surface area contributed by atoms with Crippen LogP contribution in [0.2, 0.25) is 23.7 Å². The van der Waals surface area contributed by atoms with E-state index in [-0.39, 0.29) is 11.9 Å². The van der Waals surface area contributed by atoms with Crippen molar-refractivity contribution >= 4 is 23.1 Å². The van der Waals surface area contributed by atoms with E-state index in [1.54, 1.807) is 21.3 Å². The molecule has 0 aromatic heterocycles. The van der Waals surface area contributed by atoms with Crippen molar-refractivity contribution in [2.75, 3.05) is 21.3 Å². The zero-order chi connectivity index (χ0) is 21.6. The van der Waals surface area contributed by atoms with E-state index in [2.05, 4.69) is 27.7 Å². The van der Waals surface area contributed by atoms with Gasteiger partial charge in [-0.15, -0.1) is 0 Å². The summed E-state index contributed by atoms with van der Waals surface area (Å²) >= 11 is 0. The minimum absolute atomic E-state index is 0.0945. The molecule has 0 aliphatic carbocycles.